The van der Waals surface area contributed by atoms with Crippen LogP contribution in [0.1, 0.15) is 25.1 Å². The third-order valence-electron chi connectivity index (χ3n) is 2.10. The number of nitrogens with zero attached hydrogens (tertiary/aromatic N) is 2. The van der Waals surface area contributed by atoms with Crippen molar-refractivity contribution in [2.75, 3.05) is 13.7 Å². The molecule has 0 aliphatic heterocycles. The van der Waals surface area contributed by atoms with Crippen molar-refractivity contribution >= 4 is 5.97 Å². The van der Waals surface area contributed by atoms with Gasteiger partial charge in [-0.3, -0.25) is 4.79 Å². The third kappa shape index (κ3) is 4.39. The van der Waals surface area contributed by atoms with Gasteiger partial charge in [0.25, 0.3) is 0 Å². The Bertz CT molecular complexity index is 338. The van der Waals surface area contributed by atoms with Gasteiger partial charge in [-0.2, -0.15) is 4.98 Å². The Hall–Kier alpha value is -1.43. The number of aryl methyl sites for hydroxylation is 1. The van der Waals surface area contributed by atoms with Gasteiger partial charge in [0.05, 0.1) is 13.5 Å². The number of ether oxygens (including phenoxy) is 1. The molecule has 0 aliphatic rings. The van der Waals surface area contributed by atoms with Crippen molar-refractivity contribution in [3.8, 4) is 0 Å². The summed E-state index contributed by atoms with van der Waals surface area (Å²) >= 11 is 0. The highest BCUT2D eigenvalue weighted by Crippen LogP contribution is 1.97. The highest BCUT2D eigenvalue weighted by molar-refractivity contribution is 5.69. The van der Waals surface area contributed by atoms with Gasteiger partial charge in [0.1, 0.15) is 0 Å². The van der Waals surface area contributed by atoms with Crippen molar-refractivity contribution in [1.29, 1.82) is 0 Å². The minimum absolute atomic E-state index is 0.0801. The Morgan fingerprint density at radius 1 is 1.62 bits per heavy atom. The molecule has 6 nitrogen and oxygen atoms in total. The summed E-state index contributed by atoms with van der Waals surface area (Å²) in [6.07, 6.45) is 1.02. The second-order valence-electron chi connectivity index (χ2n) is 3.62. The van der Waals surface area contributed by atoms with Crippen LogP contribution in [-0.2, 0) is 16.0 Å². The molecule has 0 amide bonds. The Labute approximate surface area is 94.4 Å². The van der Waals surface area contributed by atoms with Gasteiger partial charge in [-0.25, -0.2) is 0 Å². The van der Waals surface area contributed by atoms with Gasteiger partial charge >= 0.3 is 5.97 Å². The zero-order valence-corrected chi connectivity index (χ0v) is 9.82. The quantitative estimate of drug-likeness (QED) is 0.711. The molecule has 1 N–H and O–H groups in total. The molecule has 0 aliphatic carbocycles. The van der Waals surface area contributed by atoms with E-state index < -0.39 is 0 Å². The van der Waals surface area contributed by atoms with Crippen molar-refractivity contribution in [2.24, 2.45) is 0 Å². The molecule has 1 unspecified atom stereocenters. The second-order valence-corrected chi connectivity index (χ2v) is 3.62. The number of esters is 1. The van der Waals surface area contributed by atoms with Crippen molar-refractivity contribution in [3.63, 3.8) is 0 Å². The van der Waals surface area contributed by atoms with Crippen LogP contribution in [0.25, 0.3) is 0 Å². The lowest BCUT2D eigenvalue weighted by Crippen LogP contribution is -2.30. The number of carbonyl (C=O) groups excluding carboxylic acids is 1. The Kier molecular flexibility index (Phi) is 4.91. The summed E-state index contributed by atoms with van der Waals surface area (Å²) in [6.45, 7) is 4.40. The van der Waals surface area contributed by atoms with Crippen LogP contribution in [-0.4, -0.2) is 35.8 Å². The summed E-state index contributed by atoms with van der Waals surface area (Å²) in [4.78, 5) is 15.0. The second kappa shape index (κ2) is 6.22. The predicted molar refractivity (Wildman–Crippen MR) is 56.8 cm³/mol. The molecule has 0 spiro atoms. The first kappa shape index (κ1) is 12.6. The Morgan fingerprint density at radius 3 is 2.94 bits per heavy atom. The summed E-state index contributed by atoms with van der Waals surface area (Å²) in [5.74, 6) is 1.03. The molecule has 0 bridgehead atoms. The topological polar surface area (TPSA) is 77.2 Å². The van der Waals surface area contributed by atoms with Crippen molar-refractivity contribution in [3.05, 3.63) is 11.7 Å². The van der Waals surface area contributed by atoms with Crippen molar-refractivity contribution in [1.82, 2.24) is 15.5 Å². The molecule has 0 saturated heterocycles. The van der Waals surface area contributed by atoms with Crippen LogP contribution in [0, 0.1) is 6.92 Å². The van der Waals surface area contributed by atoms with E-state index in [0.29, 0.717) is 31.1 Å². The Morgan fingerprint density at radius 2 is 2.38 bits per heavy atom. The molecule has 0 aromatic carbocycles. The lowest BCUT2D eigenvalue weighted by atomic mass is 10.2. The fourth-order valence-corrected chi connectivity index (χ4v) is 1.27. The van der Waals surface area contributed by atoms with Gasteiger partial charge in [0.15, 0.2) is 5.82 Å². The van der Waals surface area contributed by atoms with E-state index in [-0.39, 0.29) is 12.0 Å². The van der Waals surface area contributed by atoms with Gasteiger partial charge in [-0.15, -0.1) is 0 Å². The highest BCUT2D eigenvalue weighted by atomic mass is 16.5. The van der Waals surface area contributed by atoms with Gasteiger partial charge in [-0.05, 0) is 13.8 Å². The Balaban J connectivity index is 2.17. The van der Waals surface area contributed by atoms with Gasteiger partial charge in [0, 0.05) is 19.0 Å². The summed E-state index contributed by atoms with van der Waals surface area (Å²) in [7, 11) is 1.39. The zero-order chi connectivity index (χ0) is 12.0. The molecular weight excluding hydrogens is 210 g/mol. The van der Waals surface area contributed by atoms with Crippen molar-refractivity contribution < 1.29 is 14.1 Å². The van der Waals surface area contributed by atoms with E-state index in [0.717, 1.165) is 0 Å². The maximum Gasteiger partial charge on any atom is 0.307 e. The first-order chi connectivity index (χ1) is 7.61. The number of methoxy groups -OCH3 is 1. The third-order valence-corrected chi connectivity index (χ3v) is 2.10. The molecule has 0 radical (unpaired) electrons. The average molecular weight is 227 g/mol. The number of hydrogen-bond donors (Lipinski definition) is 1. The van der Waals surface area contributed by atoms with E-state index in [1.807, 2.05) is 6.92 Å². The zero-order valence-electron chi connectivity index (χ0n) is 9.82. The number of carbonyl (C=O) groups is 1. The molecule has 0 saturated carbocycles. The van der Waals surface area contributed by atoms with Crippen LogP contribution < -0.4 is 5.32 Å². The maximum atomic E-state index is 11.0. The van der Waals surface area contributed by atoms with Gasteiger partial charge in [-0.1, -0.05) is 5.16 Å². The average Bonchev–Trinajstić information content (AvgIpc) is 2.64. The van der Waals surface area contributed by atoms with E-state index in [4.69, 9.17) is 4.52 Å². The van der Waals surface area contributed by atoms with Crippen LogP contribution in [0.4, 0.5) is 0 Å². The number of hydrogen-bond acceptors (Lipinski definition) is 6. The molecule has 1 atom stereocenters. The van der Waals surface area contributed by atoms with E-state index in [9.17, 15) is 4.79 Å². The molecule has 1 aromatic heterocycles. The molecule has 1 heterocycles. The summed E-state index contributed by atoms with van der Waals surface area (Å²) in [6, 6.07) is 0.0801. The monoisotopic (exact) mass is 227 g/mol. The van der Waals surface area contributed by atoms with Crippen molar-refractivity contribution in [2.45, 2.75) is 32.7 Å². The molecule has 6 heteroatoms. The lowest BCUT2D eigenvalue weighted by Gasteiger charge is -2.10. The van der Waals surface area contributed by atoms with Crippen LogP contribution in [0.15, 0.2) is 4.52 Å². The molecule has 16 heavy (non-hydrogen) atoms. The van der Waals surface area contributed by atoms with Gasteiger partial charge in [0.2, 0.25) is 5.89 Å². The first-order valence-electron chi connectivity index (χ1n) is 5.21. The first-order valence-corrected chi connectivity index (χ1v) is 5.21. The van der Waals surface area contributed by atoms with Crippen LogP contribution in [0.3, 0.4) is 0 Å². The normalized spacial score (nSPS) is 12.4. The molecule has 1 aromatic rings. The fraction of sp³-hybridized carbons (Fsp3) is 0.700. The standard InChI is InChI=1S/C10H17N3O3/c1-7(6-10(14)15-3)11-5-4-9-12-8(2)13-16-9/h7,11H,4-6H2,1-3H3. The van der Waals surface area contributed by atoms with E-state index in [2.05, 4.69) is 20.2 Å². The molecule has 90 valence electrons. The smallest absolute Gasteiger partial charge is 0.307 e. The van der Waals surface area contributed by atoms with E-state index in [1.165, 1.54) is 7.11 Å². The largest absolute Gasteiger partial charge is 0.469 e. The SMILES string of the molecule is COC(=O)CC(C)NCCc1nc(C)no1. The van der Waals surface area contributed by atoms with Crippen LogP contribution >= 0.6 is 0 Å². The summed E-state index contributed by atoms with van der Waals surface area (Å²) < 4.78 is 9.52. The highest BCUT2D eigenvalue weighted by Gasteiger charge is 2.09. The minimum Gasteiger partial charge on any atom is -0.469 e. The fourth-order valence-electron chi connectivity index (χ4n) is 1.27. The van der Waals surface area contributed by atoms with E-state index in [1.54, 1.807) is 6.92 Å². The summed E-state index contributed by atoms with van der Waals surface area (Å²) in [5, 5.41) is 6.86. The minimum atomic E-state index is -0.214. The predicted octanol–water partition coefficient (Wildman–Crippen LogP) is 0.462. The van der Waals surface area contributed by atoms with E-state index >= 15 is 0 Å². The van der Waals surface area contributed by atoms with Gasteiger partial charge < -0.3 is 14.6 Å². The molecule has 0 fully saturated rings. The number of nitrogens with one attached hydrogen (secondary N) is 1. The summed E-state index contributed by atoms with van der Waals surface area (Å²) in [5.41, 5.74) is 0. The maximum absolute atomic E-state index is 11.0. The lowest BCUT2D eigenvalue weighted by molar-refractivity contribution is -0.141. The number of aromatic nitrogens is 2. The molecule has 1 rings (SSSR count). The molecular formula is C10H17N3O3. The van der Waals surface area contributed by atoms with Crippen LogP contribution in [0.2, 0.25) is 0 Å². The van der Waals surface area contributed by atoms with Crippen LogP contribution in [0.5, 0.6) is 0 Å². The number of rotatable bonds is 6.